The molecule has 2 amide bonds. The predicted octanol–water partition coefficient (Wildman–Crippen LogP) is 4.33. The van der Waals surface area contributed by atoms with E-state index < -0.39 is 0 Å². The zero-order chi connectivity index (χ0) is 20.1. The van der Waals surface area contributed by atoms with Gasteiger partial charge in [0, 0.05) is 30.2 Å². The third-order valence-corrected chi connectivity index (χ3v) is 8.11. The van der Waals surface area contributed by atoms with Crippen LogP contribution in [0.1, 0.15) is 43.7 Å². The summed E-state index contributed by atoms with van der Waals surface area (Å²) in [6.45, 7) is 1.24. The molecule has 2 aliphatic heterocycles. The molecular formula is C22H24N2O3S2. The van der Waals surface area contributed by atoms with Gasteiger partial charge in [0.1, 0.15) is 0 Å². The minimum Gasteiger partial charge on any atom is -0.376 e. The highest BCUT2D eigenvalue weighted by molar-refractivity contribution is 8.19. The summed E-state index contributed by atoms with van der Waals surface area (Å²) >= 11 is 3.88. The minimum absolute atomic E-state index is 0.0791. The molecule has 152 valence electrons. The van der Waals surface area contributed by atoms with Gasteiger partial charge in [-0.15, -0.1) is 23.5 Å². The first-order valence-electron chi connectivity index (χ1n) is 9.84. The maximum absolute atomic E-state index is 12.7. The molecule has 2 N–H and O–H groups in total. The van der Waals surface area contributed by atoms with Gasteiger partial charge >= 0.3 is 0 Å². The van der Waals surface area contributed by atoms with Gasteiger partial charge in [0.25, 0.3) is 11.8 Å². The molecule has 0 saturated carbocycles. The summed E-state index contributed by atoms with van der Waals surface area (Å²) in [5, 5.41) is 5.80. The number of anilines is 1. The molecule has 0 radical (unpaired) electrons. The Hall–Kier alpha value is -1.96. The van der Waals surface area contributed by atoms with Crippen LogP contribution in [0.15, 0.2) is 48.5 Å². The Morgan fingerprint density at radius 2 is 1.76 bits per heavy atom. The van der Waals surface area contributed by atoms with Gasteiger partial charge in [-0.1, -0.05) is 24.3 Å². The summed E-state index contributed by atoms with van der Waals surface area (Å²) < 4.78 is 6.01. The molecule has 0 bridgehead atoms. The lowest BCUT2D eigenvalue weighted by molar-refractivity contribution is 0.0858. The van der Waals surface area contributed by atoms with Crippen molar-refractivity contribution < 1.29 is 14.3 Å². The third-order valence-electron chi connectivity index (χ3n) is 5.00. The van der Waals surface area contributed by atoms with E-state index in [1.807, 2.05) is 53.9 Å². The Morgan fingerprint density at radius 3 is 2.48 bits per heavy atom. The van der Waals surface area contributed by atoms with E-state index in [9.17, 15) is 9.59 Å². The number of thioether (sulfide) groups is 2. The van der Waals surface area contributed by atoms with Gasteiger partial charge in [0.15, 0.2) is 0 Å². The van der Waals surface area contributed by atoms with E-state index in [0.717, 1.165) is 19.4 Å². The molecule has 2 saturated heterocycles. The second kappa shape index (κ2) is 9.69. The second-order valence-electron chi connectivity index (χ2n) is 7.04. The first-order valence-corrected chi connectivity index (χ1v) is 11.9. The third kappa shape index (κ3) is 5.15. The van der Waals surface area contributed by atoms with E-state index >= 15 is 0 Å². The van der Waals surface area contributed by atoms with Crippen LogP contribution in [0.4, 0.5) is 5.69 Å². The van der Waals surface area contributed by atoms with E-state index in [0.29, 0.717) is 27.9 Å². The fourth-order valence-electron chi connectivity index (χ4n) is 3.43. The average Bonchev–Trinajstić information content (AvgIpc) is 3.47. The summed E-state index contributed by atoms with van der Waals surface area (Å²) in [4.78, 5) is 25.3. The van der Waals surface area contributed by atoms with Gasteiger partial charge in [0.2, 0.25) is 0 Å². The van der Waals surface area contributed by atoms with Crippen LogP contribution in [0.5, 0.6) is 0 Å². The lowest BCUT2D eigenvalue weighted by atomic mass is 10.1. The molecule has 4 rings (SSSR count). The standard InChI is InChI=1S/C22H24N2O3S2/c25-20(15-7-9-16(10-8-15)22-28-12-13-29-22)24-19-6-2-1-5-18(19)21(26)23-14-17-4-3-11-27-17/h1-2,5-10,17,22H,3-4,11-14H2,(H,23,26)(H,24,25)/t17-/m1/s1. The van der Waals surface area contributed by atoms with Gasteiger partial charge in [-0.3, -0.25) is 9.59 Å². The van der Waals surface area contributed by atoms with Crippen molar-refractivity contribution in [3.63, 3.8) is 0 Å². The molecule has 0 aliphatic carbocycles. The molecule has 29 heavy (non-hydrogen) atoms. The van der Waals surface area contributed by atoms with E-state index in [-0.39, 0.29) is 17.9 Å². The highest BCUT2D eigenvalue weighted by atomic mass is 32.2. The molecule has 2 heterocycles. The van der Waals surface area contributed by atoms with Crippen LogP contribution >= 0.6 is 23.5 Å². The van der Waals surface area contributed by atoms with Crippen LogP contribution < -0.4 is 10.6 Å². The topological polar surface area (TPSA) is 67.4 Å². The van der Waals surface area contributed by atoms with Crippen LogP contribution in [-0.2, 0) is 4.74 Å². The molecular weight excluding hydrogens is 404 g/mol. The maximum Gasteiger partial charge on any atom is 0.255 e. The minimum atomic E-state index is -0.220. The van der Waals surface area contributed by atoms with Crippen LogP contribution in [0.3, 0.4) is 0 Å². The zero-order valence-corrected chi connectivity index (χ0v) is 17.7. The average molecular weight is 429 g/mol. The lowest BCUT2D eigenvalue weighted by Crippen LogP contribution is -2.32. The number of nitrogens with one attached hydrogen (secondary N) is 2. The van der Waals surface area contributed by atoms with E-state index in [4.69, 9.17) is 4.74 Å². The van der Waals surface area contributed by atoms with Crippen molar-refractivity contribution >= 4 is 41.0 Å². The molecule has 2 aromatic carbocycles. The van der Waals surface area contributed by atoms with Crippen molar-refractivity contribution in [3.8, 4) is 0 Å². The van der Waals surface area contributed by atoms with Crippen molar-refractivity contribution in [2.24, 2.45) is 0 Å². The largest absolute Gasteiger partial charge is 0.376 e. The number of ether oxygens (including phenoxy) is 1. The fraction of sp³-hybridized carbons (Fsp3) is 0.364. The van der Waals surface area contributed by atoms with Gasteiger partial charge in [-0.2, -0.15) is 0 Å². The van der Waals surface area contributed by atoms with Crippen molar-refractivity contribution in [1.82, 2.24) is 5.32 Å². The summed E-state index contributed by atoms with van der Waals surface area (Å²) in [6.07, 6.45) is 2.08. The number of amides is 2. The molecule has 5 nitrogen and oxygen atoms in total. The first-order chi connectivity index (χ1) is 14.2. The molecule has 0 aromatic heterocycles. The zero-order valence-electron chi connectivity index (χ0n) is 16.1. The Morgan fingerprint density at radius 1 is 1.00 bits per heavy atom. The quantitative estimate of drug-likeness (QED) is 0.717. The summed E-state index contributed by atoms with van der Waals surface area (Å²) in [5.41, 5.74) is 2.78. The maximum atomic E-state index is 12.7. The highest BCUT2D eigenvalue weighted by Crippen LogP contribution is 2.45. The number of carbonyl (C=O) groups excluding carboxylic acids is 2. The molecule has 2 fully saturated rings. The monoisotopic (exact) mass is 428 g/mol. The first kappa shape index (κ1) is 20.3. The van der Waals surface area contributed by atoms with E-state index in [1.165, 1.54) is 17.1 Å². The van der Waals surface area contributed by atoms with Gasteiger partial charge in [-0.25, -0.2) is 0 Å². The smallest absolute Gasteiger partial charge is 0.255 e. The molecule has 2 aliphatic rings. The van der Waals surface area contributed by atoms with Crippen LogP contribution in [-0.4, -0.2) is 42.6 Å². The molecule has 7 heteroatoms. The number of rotatable bonds is 6. The van der Waals surface area contributed by atoms with Crippen LogP contribution in [0.25, 0.3) is 0 Å². The molecule has 0 spiro atoms. The Labute approximate surface area is 179 Å². The number of carbonyl (C=O) groups is 2. The second-order valence-corrected chi connectivity index (χ2v) is 9.76. The fourth-order valence-corrected chi connectivity index (χ4v) is 6.29. The van der Waals surface area contributed by atoms with Gasteiger partial charge < -0.3 is 15.4 Å². The Bertz CT molecular complexity index is 861. The normalized spacial score (nSPS) is 19.2. The summed E-state index contributed by atoms with van der Waals surface area (Å²) in [7, 11) is 0. The van der Waals surface area contributed by atoms with Gasteiger partial charge in [-0.05, 0) is 42.7 Å². The summed E-state index contributed by atoms with van der Waals surface area (Å²) in [5.74, 6) is 1.91. The molecule has 1 atom stereocenters. The SMILES string of the molecule is O=C(Nc1ccccc1C(=O)NC[C@H]1CCCO1)c1ccc(C2SCCS2)cc1. The number of hydrogen-bond acceptors (Lipinski definition) is 5. The number of hydrogen-bond donors (Lipinski definition) is 2. The van der Waals surface area contributed by atoms with Crippen LogP contribution in [0, 0.1) is 0 Å². The molecule has 2 aromatic rings. The highest BCUT2D eigenvalue weighted by Gasteiger charge is 2.20. The van der Waals surface area contributed by atoms with E-state index in [1.54, 1.807) is 18.2 Å². The number of para-hydroxylation sites is 1. The Balaban J connectivity index is 1.40. The van der Waals surface area contributed by atoms with E-state index in [2.05, 4.69) is 10.6 Å². The predicted molar refractivity (Wildman–Crippen MR) is 120 cm³/mol. The molecule has 0 unspecified atom stereocenters. The van der Waals surface area contributed by atoms with Gasteiger partial charge in [0.05, 0.1) is 21.9 Å². The summed E-state index contributed by atoms with van der Waals surface area (Å²) in [6, 6.07) is 14.8. The van der Waals surface area contributed by atoms with Crippen molar-refractivity contribution in [2.45, 2.75) is 23.5 Å². The van der Waals surface area contributed by atoms with Crippen molar-refractivity contribution in [3.05, 3.63) is 65.2 Å². The van der Waals surface area contributed by atoms with Crippen LogP contribution in [0.2, 0.25) is 0 Å². The Kier molecular flexibility index (Phi) is 6.79. The lowest BCUT2D eigenvalue weighted by Gasteiger charge is -2.14. The number of benzene rings is 2. The van der Waals surface area contributed by atoms with Crippen molar-refractivity contribution in [1.29, 1.82) is 0 Å². The van der Waals surface area contributed by atoms with Crippen molar-refractivity contribution in [2.75, 3.05) is 30.0 Å².